The molecular weight excluding hydrogens is 320 g/mol. The van der Waals surface area contributed by atoms with E-state index in [0.29, 0.717) is 12.6 Å². The first-order valence-electron chi connectivity index (χ1n) is 8.44. The fourth-order valence-electron chi connectivity index (χ4n) is 3.69. The van der Waals surface area contributed by atoms with Crippen LogP contribution in [0.2, 0.25) is 0 Å². The molecule has 2 atom stereocenters. The maximum Gasteiger partial charge on any atom is 0.255 e. The van der Waals surface area contributed by atoms with Crippen molar-refractivity contribution in [3.63, 3.8) is 0 Å². The van der Waals surface area contributed by atoms with Crippen molar-refractivity contribution in [2.75, 3.05) is 26.2 Å². The van der Waals surface area contributed by atoms with Crippen molar-refractivity contribution >= 4 is 17.2 Å². The predicted octanol–water partition coefficient (Wildman–Crippen LogP) is 2.78. The van der Waals surface area contributed by atoms with Gasteiger partial charge in [0.25, 0.3) is 5.91 Å². The minimum absolute atomic E-state index is 0.130. The average Bonchev–Trinajstić information content (AvgIpc) is 3.22. The van der Waals surface area contributed by atoms with Crippen LogP contribution < -0.4 is 0 Å². The molecule has 2 aliphatic rings. The summed E-state index contributed by atoms with van der Waals surface area (Å²) in [6.07, 6.45) is 0.130. The number of fused-ring (bicyclic) bond motifs is 1. The van der Waals surface area contributed by atoms with Crippen LogP contribution in [0.5, 0.6) is 0 Å². The molecule has 0 radical (unpaired) electrons. The fraction of sp³-hybridized carbons (Fsp3) is 0.421. The number of carbonyl (C=O) groups excluding carboxylic acids is 1. The monoisotopic (exact) mass is 342 g/mol. The van der Waals surface area contributed by atoms with Gasteiger partial charge in [0, 0.05) is 31.6 Å². The van der Waals surface area contributed by atoms with E-state index in [1.165, 1.54) is 5.56 Å². The third-order valence-electron chi connectivity index (χ3n) is 5.02. The molecule has 1 aromatic heterocycles. The molecule has 2 saturated heterocycles. The number of hydrogen-bond acceptors (Lipinski definition) is 4. The number of nitrogens with zero attached hydrogens (tertiary/aromatic N) is 2. The highest BCUT2D eigenvalue weighted by Gasteiger charge is 2.42. The summed E-state index contributed by atoms with van der Waals surface area (Å²) >= 11 is 1.59. The first kappa shape index (κ1) is 15.8. The molecule has 0 spiro atoms. The van der Waals surface area contributed by atoms with Crippen molar-refractivity contribution in [3.8, 4) is 0 Å². The van der Waals surface area contributed by atoms with Gasteiger partial charge in [0.15, 0.2) is 0 Å². The number of thiophene rings is 1. The minimum atomic E-state index is 0.130. The lowest BCUT2D eigenvalue weighted by molar-refractivity contribution is -0.0503. The topological polar surface area (TPSA) is 32.8 Å². The second-order valence-electron chi connectivity index (χ2n) is 6.61. The summed E-state index contributed by atoms with van der Waals surface area (Å²) < 4.78 is 5.96. The summed E-state index contributed by atoms with van der Waals surface area (Å²) in [7, 11) is 0. The summed E-state index contributed by atoms with van der Waals surface area (Å²) in [6.45, 7) is 6.05. The molecule has 1 aromatic carbocycles. The molecule has 2 fully saturated rings. The van der Waals surface area contributed by atoms with Gasteiger partial charge in [0.2, 0.25) is 0 Å². The van der Waals surface area contributed by atoms with Crippen LogP contribution in [0.4, 0.5) is 0 Å². The zero-order chi connectivity index (χ0) is 16.5. The van der Waals surface area contributed by atoms with Crippen LogP contribution >= 0.6 is 11.3 Å². The zero-order valence-corrected chi connectivity index (χ0v) is 14.7. The van der Waals surface area contributed by atoms with Crippen LogP contribution in [0.25, 0.3) is 0 Å². The maximum absolute atomic E-state index is 12.8. The summed E-state index contributed by atoms with van der Waals surface area (Å²) in [4.78, 5) is 17.2. The molecule has 0 bridgehead atoms. The molecule has 5 heteroatoms. The Hall–Kier alpha value is -1.69. The minimum Gasteiger partial charge on any atom is -0.373 e. The Morgan fingerprint density at radius 2 is 2.08 bits per heavy atom. The van der Waals surface area contributed by atoms with Gasteiger partial charge in [-0.3, -0.25) is 9.69 Å². The van der Waals surface area contributed by atoms with Crippen LogP contribution in [-0.4, -0.2) is 54.1 Å². The number of carbonyl (C=O) groups is 1. The summed E-state index contributed by atoms with van der Waals surface area (Å²) in [5.41, 5.74) is 3.23. The molecule has 0 N–H and O–H groups in total. The second-order valence-corrected chi connectivity index (χ2v) is 7.35. The molecule has 4 nitrogen and oxygen atoms in total. The third-order valence-corrected chi connectivity index (χ3v) is 5.88. The van der Waals surface area contributed by atoms with Crippen molar-refractivity contribution in [1.29, 1.82) is 0 Å². The van der Waals surface area contributed by atoms with E-state index in [2.05, 4.69) is 29.2 Å². The van der Waals surface area contributed by atoms with Crippen molar-refractivity contribution in [2.24, 2.45) is 0 Å². The number of morpholine rings is 1. The molecule has 1 amide bonds. The van der Waals surface area contributed by atoms with Crippen molar-refractivity contribution in [3.05, 3.63) is 57.8 Å². The first-order valence-corrected chi connectivity index (χ1v) is 9.38. The van der Waals surface area contributed by atoms with E-state index in [9.17, 15) is 4.79 Å². The van der Waals surface area contributed by atoms with Gasteiger partial charge in [0.05, 0.1) is 24.3 Å². The lowest BCUT2D eigenvalue weighted by atomic mass is 10.1. The molecule has 4 rings (SSSR count). The van der Waals surface area contributed by atoms with E-state index < -0.39 is 0 Å². The Morgan fingerprint density at radius 3 is 2.83 bits per heavy atom. The van der Waals surface area contributed by atoms with E-state index in [1.54, 1.807) is 11.3 Å². The van der Waals surface area contributed by atoms with E-state index >= 15 is 0 Å². The molecule has 24 heavy (non-hydrogen) atoms. The van der Waals surface area contributed by atoms with Gasteiger partial charge in [-0.2, -0.15) is 11.3 Å². The quantitative estimate of drug-likeness (QED) is 0.860. The Balaban J connectivity index is 1.48. The van der Waals surface area contributed by atoms with Gasteiger partial charge in [-0.1, -0.05) is 30.3 Å². The largest absolute Gasteiger partial charge is 0.373 e. The Morgan fingerprint density at radius 1 is 1.25 bits per heavy atom. The number of benzene rings is 1. The Labute approximate surface area is 146 Å². The lowest BCUT2D eigenvalue weighted by Gasteiger charge is -2.36. The molecule has 126 valence electrons. The highest BCUT2D eigenvalue weighted by atomic mass is 32.1. The summed E-state index contributed by atoms with van der Waals surface area (Å²) in [5, 5.41) is 4.00. The standard InChI is InChI=1S/C19H22N2O2S/c1-14-12-24-13-16(14)19(22)21-10-17-18(11-21)23-8-7-20(17)9-15-5-3-2-4-6-15/h2-6,12-13,17-18H,7-11H2,1H3/t17-,18-/m0/s1. The van der Waals surface area contributed by atoms with Crippen molar-refractivity contribution in [1.82, 2.24) is 9.80 Å². The van der Waals surface area contributed by atoms with E-state index in [4.69, 9.17) is 4.74 Å². The van der Waals surface area contributed by atoms with E-state index in [-0.39, 0.29) is 12.0 Å². The first-order chi connectivity index (χ1) is 11.7. The van der Waals surface area contributed by atoms with Crippen molar-refractivity contribution < 1.29 is 9.53 Å². The zero-order valence-electron chi connectivity index (χ0n) is 13.9. The van der Waals surface area contributed by atoms with Gasteiger partial charge >= 0.3 is 0 Å². The van der Waals surface area contributed by atoms with E-state index in [1.807, 2.05) is 28.7 Å². The number of rotatable bonds is 3. The lowest BCUT2D eigenvalue weighted by Crippen LogP contribution is -2.50. The molecule has 3 heterocycles. The van der Waals surface area contributed by atoms with Crippen LogP contribution in [0.15, 0.2) is 41.1 Å². The molecule has 0 unspecified atom stereocenters. The van der Waals surface area contributed by atoms with Gasteiger partial charge in [0.1, 0.15) is 0 Å². The van der Waals surface area contributed by atoms with E-state index in [0.717, 1.165) is 37.4 Å². The number of hydrogen-bond donors (Lipinski definition) is 0. The molecule has 2 aromatic rings. The summed E-state index contributed by atoms with van der Waals surface area (Å²) in [6, 6.07) is 10.8. The van der Waals surface area contributed by atoms with Gasteiger partial charge in [-0.15, -0.1) is 0 Å². The Kier molecular flexibility index (Phi) is 4.39. The molecule has 0 saturated carbocycles. The average molecular weight is 342 g/mol. The number of amides is 1. The summed E-state index contributed by atoms with van der Waals surface area (Å²) in [5.74, 6) is 0.145. The number of likely N-dealkylation sites (tertiary alicyclic amines) is 1. The van der Waals surface area contributed by atoms with Crippen LogP contribution in [0.1, 0.15) is 21.5 Å². The molecule has 0 aliphatic carbocycles. The van der Waals surface area contributed by atoms with Crippen LogP contribution in [0.3, 0.4) is 0 Å². The third kappa shape index (κ3) is 2.99. The SMILES string of the molecule is Cc1cscc1C(=O)N1C[C@@H]2OCCN(Cc3ccccc3)[C@H]2C1. The van der Waals surface area contributed by atoms with Gasteiger partial charge < -0.3 is 9.64 Å². The van der Waals surface area contributed by atoms with Gasteiger partial charge in [-0.05, 0) is 23.4 Å². The highest BCUT2D eigenvalue weighted by Crippen LogP contribution is 2.27. The number of aryl methyl sites for hydroxylation is 1. The van der Waals surface area contributed by atoms with Crippen molar-refractivity contribution in [2.45, 2.75) is 25.6 Å². The highest BCUT2D eigenvalue weighted by molar-refractivity contribution is 7.08. The van der Waals surface area contributed by atoms with Crippen LogP contribution in [-0.2, 0) is 11.3 Å². The van der Waals surface area contributed by atoms with Gasteiger partial charge in [-0.25, -0.2) is 0 Å². The van der Waals surface area contributed by atoms with Crippen LogP contribution in [0, 0.1) is 6.92 Å². The predicted molar refractivity (Wildman–Crippen MR) is 95.3 cm³/mol. The second kappa shape index (κ2) is 6.67. The maximum atomic E-state index is 12.8. The Bertz CT molecular complexity index is 715. The molecule has 2 aliphatic heterocycles. The fourth-order valence-corrected chi connectivity index (χ4v) is 4.51. The molecular formula is C19H22N2O2S. The smallest absolute Gasteiger partial charge is 0.255 e. The number of ether oxygens (including phenoxy) is 1. The normalized spacial score (nSPS) is 24.1.